The summed E-state index contributed by atoms with van der Waals surface area (Å²) >= 11 is 0. The molecular weight excluding hydrogens is 436 g/mol. The Bertz CT molecular complexity index is 945. The van der Waals surface area contributed by atoms with Crippen LogP contribution < -0.4 is 10.6 Å². The molecule has 0 aliphatic carbocycles. The third-order valence-corrected chi connectivity index (χ3v) is 5.22. The lowest BCUT2D eigenvalue weighted by Gasteiger charge is -2.26. The van der Waals surface area contributed by atoms with E-state index in [1.807, 2.05) is 0 Å². The van der Waals surface area contributed by atoms with Crippen molar-refractivity contribution in [2.45, 2.75) is 58.3 Å². The van der Waals surface area contributed by atoms with E-state index < -0.39 is 32.8 Å². The summed E-state index contributed by atoms with van der Waals surface area (Å²) in [4.78, 5) is 53.1. The number of ketones is 2. The van der Waals surface area contributed by atoms with E-state index in [4.69, 9.17) is 0 Å². The van der Waals surface area contributed by atoms with Gasteiger partial charge in [0.1, 0.15) is 37.9 Å². The first-order valence-corrected chi connectivity index (χ1v) is 10.2. The molecule has 0 saturated heterocycles. The minimum absolute atomic E-state index is 0.184. The normalized spacial score (nSPS) is 12.0. The van der Waals surface area contributed by atoms with Crippen molar-refractivity contribution in [2.75, 3.05) is 13.1 Å². The molecule has 0 aliphatic rings. The van der Waals surface area contributed by atoms with Gasteiger partial charge in [0, 0.05) is 0 Å². The Labute approximate surface area is 189 Å². The van der Waals surface area contributed by atoms with Crippen molar-refractivity contribution < 1.29 is 19.4 Å². The molecule has 0 saturated carbocycles. The lowest BCUT2D eigenvalue weighted by molar-refractivity contribution is -0.396. The SMILES string of the molecule is CC(C)(NCCCNC(C)(C)C(=O)Cn1ccnc1[N+](=O)[O-])C(=O)Cn1ccnc1[N+](=O)[O-]. The van der Waals surface area contributed by atoms with Crippen LogP contribution >= 0.6 is 0 Å². The fraction of sp³-hybridized carbons (Fsp3) is 0.579. The second-order valence-electron chi connectivity index (χ2n) is 8.53. The molecular formula is C19H28N8O6. The summed E-state index contributed by atoms with van der Waals surface area (Å²) in [7, 11) is 0. The molecule has 180 valence electrons. The summed E-state index contributed by atoms with van der Waals surface area (Å²) in [6.45, 7) is 7.30. The molecule has 0 aliphatic heterocycles. The van der Waals surface area contributed by atoms with Crippen LogP contribution in [-0.4, -0.2) is 64.7 Å². The van der Waals surface area contributed by atoms with Gasteiger partial charge >= 0.3 is 11.9 Å². The Balaban J connectivity index is 1.79. The van der Waals surface area contributed by atoms with Gasteiger partial charge in [0.2, 0.25) is 0 Å². The second-order valence-corrected chi connectivity index (χ2v) is 8.53. The molecule has 0 aromatic carbocycles. The highest BCUT2D eigenvalue weighted by Crippen LogP contribution is 2.13. The average molecular weight is 464 g/mol. The summed E-state index contributed by atoms with van der Waals surface area (Å²) in [6, 6.07) is 0. The number of imidazole rings is 2. The minimum atomic E-state index is -0.927. The van der Waals surface area contributed by atoms with Gasteiger partial charge in [-0.3, -0.25) is 9.59 Å². The zero-order chi connectivity index (χ0) is 24.8. The average Bonchev–Trinajstić information content (AvgIpc) is 3.36. The van der Waals surface area contributed by atoms with Gasteiger partial charge in [0.05, 0.1) is 11.1 Å². The van der Waals surface area contributed by atoms with Crippen LogP contribution in [0.3, 0.4) is 0 Å². The molecule has 14 heteroatoms. The van der Waals surface area contributed by atoms with Crippen LogP contribution in [0.25, 0.3) is 0 Å². The maximum Gasteiger partial charge on any atom is 0.434 e. The minimum Gasteiger partial charge on any atom is -0.390 e. The molecule has 0 fully saturated rings. The molecule has 0 atom stereocenters. The van der Waals surface area contributed by atoms with E-state index in [-0.39, 0.29) is 24.7 Å². The van der Waals surface area contributed by atoms with E-state index in [0.717, 1.165) is 0 Å². The standard InChI is InChI=1S/C19H28N8O6/c1-18(2,14(28)12-24-10-8-20-16(24)26(30)31)22-6-5-7-23-19(3,4)15(29)13-25-11-9-21-17(25)27(32)33/h8-11,22-23H,5-7,12-13H2,1-4H3. The number of hydrogen-bond acceptors (Lipinski definition) is 10. The lowest BCUT2D eigenvalue weighted by Crippen LogP contribution is -2.51. The summed E-state index contributed by atoms with van der Waals surface area (Å²) in [5.74, 6) is -1.27. The number of carbonyl (C=O) groups is 2. The van der Waals surface area contributed by atoms with Crippen molar-refractivity contribution in [1.82, 2.24) is 29.7 Å². The maximum absolute atomic E-state index is 12.6. The number of nitrogens with zero attached hydrogens (tertiary/aromatic N) is 6. The largest absolute Gasteiger partial charge is 0.434 e. The predicted octanol–water partition coefficient (Wildman–Crippen LogP) is 0.861. The first-order chi connectivity index (χ1) is 15.3. The van der Waals surface area contributed by atoms with Gasteiger partial charge in [0.15, 0.2) is 11.6 Å². The Morgan fingerprint density at radius 2 is 1.21 bits per heavy atom. The Kier molecular flexibility index (Phi) is 8.11. The zero-order valence-electron chi connectivity index (χ0n) is 19.0. The van der Waals surface area contributed by atoms with Crippen LogP contribution in [0.2, 0.25) is 0 Å². The van der Waals surface area contributed by atoms with Crippen LogP contribution in [0.5, 0.6) is 0 Å². The van der Waals surface area contributed by atoms with E-state index in [1.54, 1.807) is 27.7 Å². The molecule has 2 N–H and O–H groups in total. The van der Waals surface area contributed by atoms with Crippen molar-refractivity contribution in [3.63, 3.8) is 0 Å². The zero-order valence-corrected chi connectivity index (χ0v) is 19.0. The number of hydrogen-bond donors (Lipinski definition) is 2. The number of rotatable bonds is 14. The molecule has 33 heavy (non-hydrogen) atoms. The van der Waals surface area contributed by atoms with Crippen LogP contribution in [0, 0.1) is 20.2 Å². The van der Waals surface area contributed by atoms with Crippen LogP contribution in [0.15, 0.2) is 24.8 Å². The highest BCUT2D eigenvalue weighted by Gasteiger charge is 2.31. The van der Waals surface area contributed by atoms with E-state index in [1.165, 1.54) is 33.9 Å². The number of carbonyl (C=O) groups excluding carboxylic acids is 2. The third-order valence-electron chi connectivity index (χ3n) is 5.22. The monoisotopic (exact) mass is 464 g/mol. The Hall–Kier alpha value is -3.52. The van der Waals surface area contributed by atoms with Gasteiger partial charge in [-0.2, -0.15) is 0 Å². The molecule has 2 heterocycles. The van der Waals surface area contributed by atoms with E-state index in [0.29, 0.717) is 19.5 Å². The summed E-state index contributed by atoms with van der Waals surface area (Å²) in [5, 5.41) is 28.2. The Morgan fingerprint density at radius 3 is 1.55 bits per heavy atom. The number of nitrogens with one attached hydrogen (secondary N) is 2. The van der Waals surface area contributed by atoms with Crippen LogP contribution in [-0.2, 0) is 22.7 Å². The Morgan fingerprint density at radius 1 is 0.848 bits per heavy atom. The first-order valence-electron chi connectivity index (χ1n) is 10.2. The fourth-order valence-corrected chi connectivity index (χ4v) is 2.99. The second kappa shape index (κ2) is 10.4. The molecule has 2 aromatic rings. The molecule has 0 radical (unpaired) electrons. The summed E-state index contributed by atoms with van der Waals surface area (Å²) < 4.78 is 2.37. The molecule has 2 rings (SSSR count). The van der Waals surface area contributed by atoms with Gasteiger partial charge < -0.3 is 30.9 Å². The van der Waals surface area contributed by atoms with Gasteiger partial charge in [-0.1, -0.05) is 9.97 Å². The molecule has 0 unspecified atom stereocenters. The maximum atomic E-state index is 12.6. The highest BCUT2D eigenvalue weighted by molar-refractivity contribution is 5.88. The first kappa shape index (κ1) is 25.7. The van der Waals surface area contributed by atoms with Crippen molar-refractivity contribution in [3.05, 3.63) is 45.0 Å². The number of aromatic nitrogens is 4. The van der Waals surface area contributed by atoms with E-state index in [2.05, 4.69) is 20.6 Å². The quantitative estimate of drug-likeness (QED) is 0.231. The fourth-order valence-electron chi connectivity index (χ4n) is 2.99. The predicted molar refractivity (Wildman–Crippen MR) is 117 cm³/mol. The van der Waals surface area contributed by atoms with Crippen molar-refractivity contribution in [2.24, 2.45) is 0 Å². The topological polar surface area (TPSA) is 180 Å². The summed E-state index contributed by atoms with van der Waals surface area (Å²) in [5.41, 5.74) is -1.85. The highest BCUT2D eigenvalue weighted by atomic mass is 16.6. The number of Topliss-reactive ketones (excluding diaryl/α,β-unsaturated/α-hetero) is 2. The van der Waals surface area contributed by atoms with Crippen LogP contribution in [0.4, 0.5) is 11.9 Å². The van der Waals surface area contributed by atoms with Crippen molar-refractivity contribution in [3.8, 4) is 0 Å². The molecule has 14 nitrogen and oxygen atoms in total. The van der Waals surface area contributed by atoms with Gasteiger partial charge in [-0.15, -0.1) is 0 Å². The van der Waals surface area contributed by atoms with Crippen molar-refractivity contribution in [1.29, 1.82) is 0 Å². The molecule has 0 amide bonds. The van der Waals surface area contributed by atoms with Gasteiger partial charge in [-0.05, 0) is 57.1 Å². The van der Waals surface area contributed by atoms with E-state index >= 15 is 0 Å². The lowest BCUT2D eigenvalue weighted by atomic mass is 9.98. The molecule has 2 aromatic heterocycles. The number of nitro groups is 2. The third kappa shape index (κ3) is 6.73. The van der Waals surface area contributed by atoms with Crippen molar-refractivity contribution >= 4 is 23.5 Å². The molecule has 0 bridgehead atoms. The summed E-state index contributed by atoms with van der Waals surface area (Å²) in [6.07, 6.45) is 5.89. The van der Waals surface area contributed by atoms with Crippen LogP contribution in [0.1, 0.15) is 34.1 Å². The van der Waals surface area contributed by atoms with Gasteiger partial charge in [0.25, 0.3) is 0 Å². The van der Waals surface area contributed by atoms with Gasteiger partial charge in [-0.25, -0.2) is 9.13 Å². The smallest absolute Gasteiger partial charge is 0.390 e. The molecule has 0 spiro atoms. The van der Waals surface area contributed by atoms with E-state index in [9.17, 15) is 29.8 Å².